The van der Waals surface area contributed by atoms with Crippen molar-refractivity contribution in [1.82, 2.24) is 35.5 Å². The van der Waals surface area contributed by atoms with E-state index in [0.29, 0.717) is 25.5 Å². The third kappa shape index (κ3) is 6.69. The quantitative estimate of drug-likeness (QED) is 0.375. The van der Waals surface area contributed by atoms with Crippen LogP contribution in [0.5, 0.6) is 0 Å². The molecule has 0 aromatic carbocycles. The standard InChI is InChI=1S/C29H37N9O3S/c1-2-24(39)33-22-4-3-9-36(18-22)17-20-5-8-30-23(16-20)27(40)34-21-6-10-38(11-7-21)29-35-25-26(31-19-32-28(25)42-29)37-12-14-41-15-13-37/h2,5,8,16,19,21-22H,1,3-4,6-7,9-15,17-18H2,(H,33,39)(H,34,40). The zero-order valence-corrected chi connectivity index (χ0v) is 24.5. The summed E-state index contributed by atoms with van der Waals surface area (Å²) in [5, 5.41) is 7.14. The summed E-state index contributed by atoms with van der Waals surface area (Å²) < 4.78 is 5.49. The third-order valence-electron chi connectivity index (χ3n) is 8.08. The number of amides is 2. The van der Waals surface area contributed by atoms with E-state index in [4.69, 9.17) is 9.72 Å². The molecule has 0 saturated carbocycles. The van der Waals surface area contributed by atoms with Crippen molar-refractivity contribution in [3.63, 3.8) is 0 Å². The van der Waals surface area contributed by atoms with Gasteiger partial charge in [-0.05, 0) is 56.0 Å². The Morgan fingerprint density at radius 3 is 2.67 bits per heavy atom. The molecule has 6 rings (SSSR count). The van der Waals surface area contributed by atoms with E-state index in [0.717, 1.165) is 91.8 Å². The van der Waals surface area contributed by atoms with E-state index in [1.54, 1.807) is 23.9 Å². The van der Waals surface area contributed by atoms with Crippen LogP contribution in [-0.2, 0) is 16.1 Å². The minimum absolute atomic E-state index is 0.0774. The van der Waals surface area contributed by atoms with Gasteiger partial charge in [-0.25, -0.2) is 15.0 Å². The van der Waals surface area contributed by atoms with E-state index >= 15 is 0 Å². The maximum atomic E-state index is 13.1. The van der Waals surface area contributed by atoms with Crippen LogP contribution in [0.2, 0.25) is 0 Å². The van der Waals surface area contributed by atoms with Crippen LogP contribution in [0.15, 0.2) is 37.3 Å². The highest BCUT2D eigenvalue weighted by atomic mass is 32.1. The molecule has 3 saturated heterocycles. The fraction of sp³-hybridized carbons (Fsp3) is 0.517. The number of hydrogen-bond acceptors (Lipinski definition) is 11. The van der Waals surface area contributed by atoms with Crippen LogP contribution in [0.25, 0.3) is 10.3 Å². The van der Waals surface area contributed by atoms with Gasteiger partial charge in [0.05, 0.1) is 13.2 Å². The van der Waals surface area contributed by atoms with Gasteiger partial charge < -0.3 is 25.2 Å². The molecular weight excluding hydrogens is 554 g/mol. The lowest BCUT2D eigenvalue weighted by atomic mass is 10.0. The van der Waals surface area contributed by atoms with E-state index in [9.17, 15) is 9.59 Å². The molecule has 12 nitrogen and oxygen atoms in total. The zero-order chi connectivity index (χ0) is 28.9. The number of carbonyl (C=O) groups is 2. The minimum atomic E-state index is -0.143. The molecule has 2 N–H and O–H groups in total. The average Bonchev–Trinajstić information content (AvgIpc) is 3.47. The summed E-state index contributed by atoms with van der Waals surface area (Å²) in [4.78, 5) is 50.8. The number of piperidine rings is 2. The van der Waals surface area contributed by atoms with Crippen molar-refractivity contribution in [2.45, 2.75) is 44.3 Å². The van der Waals surface area contributed by atoms with Crippen molar-refractivity contribution < 1.29 is 14.3 Å². The number of pyridine rings is 1. The second-order valence-electron chi connectivity index (χ2n) is 11.0. The van der Waals surface area contributed by atoms with Gasteiger partial charge >= 0.3 is 0 Å². The number of likely N-dealkylation sites (tertiary alicyclic amines) is 1. The number of ether oxygens (including phenoxy) is 1. The maximum absolute atomic E-state index is 13.1. The Morgan fingerprint density at radius 2 is 1.86 bits per heavy atom. The molecule has 1 atom stereocenters. The lowest BCUT2D eigenvalue weighted by molar-refractivity contribution is -0.117. The molecule has 1 unspecified atom stereocenters. The molecular formula is C29H37N9O3S. The van der Waals surface area contributed by atoms with E-state index < -0.39 is 0 Å². The molecule has 3 aliphatic heterocycles. The van der Waals surface area contributed by atoms with Crippen molar-refractivity contribution >= 4 is 44.4 Å². The van der Waals surface area contributed by atoms with Crippen LogP contribution in [0.1, 0.15) is 41.7 Å². The normalized spacial score (nSPS) is 20.4. The second-order valence-corrected chi connectivity index (χ2v) is 12.0. The fourth-order valence-corrected chi connectivity index (χ4v) is 6.83. The zero-order valence-electron chi connectivity index (χ0n) is 23.7. The molecule has 0 aliphatic carbocycles. The number of carbonyl (C=O) groups excluding carboxylic acids is 2. The summed E-state index contributed by atoms with van der Waals surface area (Å²) in [6.07, 6.45) is 8.26. The fourth-order valence-electron chi connectivity index (χ4n) is 5.88. The Bertz CT molecular complexity index is 1420. The van der Waals surface area contributed by atoms with Crippen LogP contribution in [0.3, 0.4) is 0 Å². The van der Waals surface area contributed by atoms with Crippen LogP contribution in [0.4, 0.5) is 10.9 Å². The van der Waals surface area contributed by atoms with Gasteiger partial charge in [0.1, 0.15) is 17.5 Å². The van der Waals surface area contributed by atoms with Crippen molar-refractivity contribution in [1.29, 1.82) is 0 Å². The molecule has 222 valence electrons. The van der Waals surface area contributed by atoms with Gasteiger partial charge in [0.25, 0.3) is 5.91 Å². The van der Waals surface area contributed by atoms with Crippen molar-refractivity contribution in [3.8, 4) is 0 Å². The topological polar surface area (TPSA) is 129 Å². The number of rotatable bonds is 8. The Kier molecular flexibility index (Phi) is 8.87. The van der Waals surface area contributed by atoms with Crippen LogP contribution >= 0.6 is 11.3 Å². The summed E-state index contributed by atoms with van der Waals surface area (Å²) >= 11 is 1.59. The number of thiazole rings is 1. The van der Waals surface area contributed by atoms with Gasteiger partial charge in [0.15, 0.2) is 15.8 Å². The Morgan fingerprint density at radius 1 is 1.02 bits per heavy atom. The lowest BCUT2D eigenvalue weighted by Crippen LogP contribution is -2.47. The molecule has 3 fully saturated rings. The largest absolute Gasteiger partial charge is 0.378 e. The molecule has 6 heterocycles. The predicted molar refractivity (Wildman–Crippen MR) is 162 cm³/mol. The number of hydrogen-bond donors (Lipinski definition) is 2. The molecule has 3 aromatic rings. The molecule has 3 aliphatic rings. The molecule has 2 amide bonds. The smallest absolute Gasteiger partial charge is 0.270 e. The summed E-state index contributed by atoms with van der Waals surface area (Å²) in [5.74, 6) is 0.598. The number of fused-ring (bicyclic) bond motifs is 1. The highest BCUT2D eigenvalue weighted by Crippen LogP contribution is 2.33. The number of aromatic nitrogens is 4. The number of morpholine rings is 1. The van der Waals surface area contributed by atoms with Gasteiger partial charge in [-0.1, -0.05) is 17.9 Å². The number of nitrogens with zero attached hydrogens (tertiary/aromatic N) is 7. The summed E-state index contributed by atoms with van der Waals surface area (Å²) in [6.45, 7) is 10.6. The first kappa shape index (κ1) is 28.4. The highest BCUT2D eigenvalue weighted by molar-refractivity contribution is 7.21. The first-order valence-corrected chi connectivity index (χ1v) is 15.5. The molecule has 3 aromatic heterocycles. The maximum Gasteiger partial charge on any atom is 0.270 e. The third-order valence-corrected chi connectivity index (χ3v) is 9.10. The van der Waals surface area contributed by atoms with E-state index in [2.05, 4.69) is 46.9 Å². The van der Waals surface area contributed by atoms with Crippen LogP contribution < -0.4 is 20.4 Å². The number of nitrogens with one attached hydrogen (secondary N) is 2. The van der Waals surface area contributed by atoms with Crippen molar-refractivity contribution in [3.05, 3.63) is 48.6 Å². The molecule has 42 heavy (non-hydrogen) atoms. The molecule has 0 spiro atoms. The first-order chi connectivity index (χ1) is 20.6. The van der Waals surface area contributed by atoms with Gasteiger partial charge in [0.2, 0.25) is 5.91 Å². The monoisotopic (exact) mass is 591 g/mol. The highest BCUT2D eigenvalue weighted by Gasteiger charge is 2.26. The second kappa shape index (κ2) is 13.1. The molecule has 0 radical (unpaired) electrons. The van der Waals surface area contributed by atoms with Crippen LogP contribution in [-0.4, -0.2) is 101 Å². The number of anilines is 2. The van der Waals surface area contributed by atoms with E-state index in [1.165, 1.54) is 6.08 Å². The average molecular weight is 592 g/mol. The SMILES string of the molecule is C=CC(=O)NC1CCCN(Cc2ccnc(C(=O)NC3CCN(c4nc5c(N6CCOCC6)ncnc5s4)CC3)c2)C1. The Labute approximate surface area is 249 Å². The first-order valence-electron chi connectivity index (χ1n) is 14.7. The molecule has 0 bridgehead atoms. The van der Waals surface area contributed by atoms with Gasteiger partial charge in [-0.15, -0.1) is 0 Å². The summed E-state index contributed by atoms with van der Waals surface area (Å²) in [7, 11) is 0. The Hall–Kier alpha value is -3.68. The minimum Gasteiger partial charge on any atom is -0.378 e. The van der Waals surface area contributed by atoms with E-state index in [1.807, 2.05) is 12.1 Å². The van der Waals surface area contributed by atoms with Gasteiger partial charge in [0, 0.05) is 57.5 Å². The van der Waals surface area contributed by atoms with Gasteiger partial charge in [-0.3, -0.25) is 19.5 Å². The summed E-state index contributed by atoms with van der Waals surface area (Å²) in [6, 6.07) is 4.02. The van der Waals surface area contributed by atoms with Crippen molar-refractivity contribution in [2.75, 3.05) is 62.3 Å². The van der Waals surface area contributed by atoms with Gasteiger partial charge in [-0.2, -0.15) is 0 Å². The van der Waals surface area contributed by atoms with E-state index in [-0.39, 0.29) is 23.9 Å². The van der Waals surface area contributed by atoms with Crippen molar-refractivity contribution in [2.24, 2.45) is 0 Å². The Balaban J connectivity index is 1.02. The summed E-state index contributed by atoms with van der Waals surface area (Å²) in [5.41, 5.74) is 2.32. The predicted octanol–water partition coefficient (Wildman–Crippen LogP) is 1.98. The van der Waals surface area contributed by atoms with Crippen LogP contribution in [0, 0.1) is 0 Å². The molecule has 13 heteroatoms. The lowest BCUT2D eigenvalue weighted by Gasteiger charge is -2.33.